The minimum atomic E-state index is -0.155. The molecule has 9 aromatic rings. The number of benzene rings is 8. The number of furan rings is 1. The molecule has 11 rings (SSSR count). The van der Waals surface area contributed by atoms with Gasteiger partial charge in [0.1, 0.15) is 11.3 Å². The van der Waals surface area contributed by atoms with E-state index in [1.807, 2.05) is 12.1 Å². The average molecular weight is 639 g/mol. The van der Waals surface area contributed by atoms with E-state index in [9.17, 15) is 0 Å². The van der Waals surface area contributed by atoms with E-state index in [0.717, 1.165) is 28.0 Å². The summed E-state index contributed by atoms with van der Waals surface area (Å²) in [6.45, 7) is 0. The minimum absolute atomic E-state index is 0.108. The van der Waals surface area contributed by atoms with Gasteiger partial charge in [0, 0.05) is 16.5 Å². The molecule has 234 valence electrons. The summed E-state index contributed by atoms with van der Waals surface area (Å²) in [6.07, 6.45) is 4.35. The zero-order valence-corrected chi connectivity index (χ0v) is 27.1. The lowest BCUT2D eigenvalue weighted by atomic mass is 9.84. The topological polar surface area (TPSA) is 22.4 Å². The van der Waals surface area contributed by atoms with E-state index in [1.165, 1.54) is 71.3 Å². The van der Waals surface area contributed by atoms with Gasteiger partial charge in [-0.2, -0.15) is 0 Å². The van der Waals surface area contributed by atoms with Gasteiger partial charge in [0.25, 0.3) is 0 Å². The fraction of sp³-hybridized carbons (Fsp3) is 0.0417. The lowest BCUT2D eigenvalue weighted by molar-refractivity contribution is 0.193. The van der Waals surface area contributed by atoms with Crippen LogP contribution in [0.2, 0.25) is 0 Å². The van der Waals surface area contributed by atoms with Crippen molar-refractivity contribution in [3.63, 3.8) is 0 Å². The summed E-state index contributed by atoms with van der Waals surface area (Å²) in [5, 5.41) is 8.68. The van der Waals surface area contributed by atoms with E-state index < -0.39 is 0 Å². The molecule has 2 aliphatic rings. The van der Waals surface area contributed by atoms with Crippen LogP contribution in [-0.2, 0) is 0 Å². The lowest BCUT2D eigenvalue weighted by Gasteiger charge is -2.19. The molecule has 0 bridgehead atoms. The van der Waals surface area contributed by atoms with Gasteiger partial charge < -0.3 is 9.15 Å². The Kier molecular flexibility index (Phi) is 5.82. The first-order chi connectivity index (χ1) is 24.8. The first kappa shape index (κ1) is 27.6. The van der Waals surface area contributed by atoms with Crippen LogP contribution in [0, 0.1) is 0 Å². The van der Waals surface area contributed by atoms with Gasteiger partial charge in [-0.05, 0) is 96.0 Å². The number of rotatable bonds is 3. The fourth-order valence-electron chi connectivity index (χ4n) is 8.51. The Balaban J connectivity index is 1.04. The van der Waals surface area contributed by atoms with Gasteiger partial charge in [-0.15, -0.1) is 0 Å². The number of hydrogen-bond donors (Lipinski definition) is 0. The van der Waals surface area contributed by atoms with Crippen LogP contribution in [0.4, 0.5) is 0 Å². The van der Waals surface area contributed by atoms with E-state index in [1.54, 1.807) is 0 Å². The molecule has 0 saturated carbocycles. The molecule has 2 nitrogen and oxygen atoms in total. The van der Waals surface area contributed by atoms with Gasteiger partial charge in [-0.3, -0.25) is 0 Å². The number of ether oxygens (including phenoxy) is 1. The molecule has 1 aromatic heterocycles. The Morgan fingerprint density at radius 3 is 1.80 bits per heavy atom. The van der Waals surface area contributed by atoms with Gasteiger partial charge in [0.15, 0.2) is 11.9 Å². The molecule has 1 unspecified atom stereocenters. The third-order valence-corrected chi connectivity index (χ3v) is 10.8. The second kappa shape index (κ2) is 10.6. The van der Waals surface area contributed by atoms with E-state index in [2.05, 4.69) is 158 Å². The molecule has 1 aliphatic heterocycles. The first-order valence-electron chi connectivity index (χ1n) is 17.3. The standard InChI is InChI=1S/C48H30O2/c1-2-11-30-26-34(21-20-29(30)10-1)46-38-17-5-3-15-36(38)45(37-16-4-6-18-39(37)46)33-13-9-12-31(27-33)32-22-25-44-42(28-32)41-24-23-40-35-14-7-8-19-43(35)49-47(40)48(41)50-44/h1-28,41,48H/t41?,48-/m1/s1. The monoisotopic (exact) mass is 638 g/mol. The second-order valence-corrected chi connectivity index (χ2v) is 13.5. The van der Waals surface area contributed by atoms with Gasteiger partial charge in [-0.25, -0.2) is 0 Å². The highest BCUT2D eigenvalue weighted by atomic mass is 16.5. The van der Waals surface area contributed by atoms with Gasteiger partial charge >= 0.3 is 0 Å². The summed E-state index contributed by atoms with van der Waals surface area (Å²) in [6, 6.07) is 57.1. The normalized spacial score (nSPS) is 16.1. The predicted octanol–water partition coefficient (Wildman–Crippen LogP) is 13.1. The summed E-state index contributed by atoms with van der Waals surface area (Å²) in [7, 11) is 0. The Hall–Kier alpha value is -6.38. The van der Waals surface area contributed by atoms with Gasteiger partial charge in [0.05, 0.1) is 5.92 Å². The third kappa shape index (κ3) is 4.02. The van der Waals surface area contributed by atoms with Crippen molar-refractivity contribution in [2.75, 3.05) is 0 Å². The van der Waals surface area contributed by atoms with Gasteiger partial charge in [-0.1, -0.05) is 140 Å². The number of fused-ring (bicyclic) bond motifs is 10. The zero-order chi connectivity index (χ0) is 32.8. The second-order valence-electron chi connectivity index (χ2n) is 13.5. The molecule has 2 atom stereocenters. The highest BCUT2D eigenvalue weighted by molar-refractivity contribution is 6.21. The third-order valence-electron chi connectivity index (χ3n) is 10.8. The van der Waals surface area contributed by atoms with E-state index in [4.69, 9.17) is 9.15 Å². The Bertz CT molecular complexity index is 2810. The van der Waals surface area contributed by atoms with E-state index in [0.29, 0.717) is 0 Å². The molecule has 0 N–H and O–H groups in total. The largest absolute Gasteiger partial charge is 0.481 e. The smallest absolute Gasteiger partial charge is 0.167 e. The molecule has 50 heavy (non-hydrogen) atoms. The molecular formula is C48H30O2. The van der Waals surface area contributed by atoms with Crippen LogP contribution in [0.25, 0.3) is 82.7 Å². The van der Waals surface area contributed by atoms with Crippen molar-refractivity contribution in [2.24, 2.45) is 0 Å². The molecule has 0 saturated heterocycles. The quantitative estimate of drug-likeness (QED) is 0.180. The Morgan fingerprint density at radius 1 is 0.440 bits per heavy atom. The predicted molar refractivity (Wildman–Crippen MR) is 207 cm³/mol. The maximum absolute atomic E-state index is 6.57. The van der Waals surface area contributed by atoms with Crippen LogP contribution < -0.4 is 4.74 Å². The van der Waals surface area contributed by atoms with Crippen molar-refractivity contribution in [1.29, 1.82) is 0 Å². The van der Waals surface area contributed by atoms with Crippen LogP contribution in [0.15, 0.2) is 168 Å². The van der Waals surface area contributed by atoms with E-state index in [-0.39, 0.29) is 12.0 Å². The zero-order valence-electron chi connectivity index (χ0n) is 27.1. The molecule has 2 heterocycles. The van der Waals surface area contributed by atoms with Crippen LogP contribution in [0.1, 0.15) is 28.9 Å². The van der Waals surface area contributed by atoms with Crippen molar-refractivity contribution < 1.29 is 9.15 Å². The molecule has 8 aromatic carbocycles. The van der Waals surface area contributed by atoms with Crippen LogP contribution in [0.5, 0.6) is 5.75 Å². The summed E-state index contributed by atoms with van der Waals surface area (Å²) in [4.78, 5) is 0. The molecular weight excluding hydrogens is 609 g/mol. The van der Waals surface area contributed by atoms with Crippen molar-refractivity contribution in [2.45, 2.75) is 12.0 Å². The lowest BCUT2D eigenvalue weighted by Crippen LogP contribution is -2.11. The first-order valence-corrected chi connectivity index (χ1v) is 17.3. The fourth-order valence-corrected chi connectivity index (χ4v) is 8.51. The van der Waals surface area contributed by atoms with Crippen LogP contribution >= 0.6 is 0 Å². The average Bonchev–Trinajstić information content (AvgIpc) is 3.75. The molecule has 0 fully saturated rings. The maximum Gasteiger partial charge on any atom is 0.167 e. The van der Waals surface area contributed by atoms with Crippen molar-refractivity contribution in [1.82, 2.24) is 0 Å². The number of para-hydroxylation sites is 1. The molecule has 0 radical (unpaired) electrons. The number of hydrogen-bond acceptors (Lipinski definition) is 2. The van der Waals surface area contributed by atoms with Crippen molar-refractivity contribution in [3.05, 3.63) is 181 Å². The van der Waals surface area contributed by atoms with E-state index >= 15 is 0 Å². The van der Waals surface area contributed by atoms with Crippen LogP contribution in [-0.4, -0.2) is 0 Å². The maximum atomic E-state index is 6.57. The highest BCUT2D eigenvalue weighted by Crippen LogP contribution is 2.53. The minimum Gasteiger partial charge on any atom is -0.481 e. The van der Waals surface area contributed by atoms with Crippen molar-refractivity contribution >= 4 is 49.4 Å². The Morgan fingerprint density at radius 2 is 1.04 bits per heavy atom. The van der Waals surface area contributed by atoms with Gasteiger partial charge in [0.2, 0.25) is 0 Å². The Labute approximate surface area is 289 Å². The molecule has 1 aliphatic carbocycles. The summed E-state index contributed by atoms with van der Waals surface area (Å²) in [5.41, 5.74) is 10.6. The molecule has 0 amide bonds. The highest BCUT2D eigenvalue weighted by Gasteiger charge is 2.40. The summed E-state index contributed by atoms with van der Waals surface area (Å²) < 4.78 is 12.9. The molecule has 2 heteroatoms. The SMILES string of the molecule is C1=CC2c3cc(-c4cccc(-c5c6ccccc6c(-c6ccc7ccccc7c6)c6ccccc56)c4)ccc3O[C@H]2c2oc3ccccc3c21. The summed E-state index contributed by atoms with van der Waals surface area (Å²) >= 11 is 0. The van der Waals surface area contributed by atoms with Crippen molar-refractivity contribution in [3.8, 4) is 39.1 Å². The molecule has 0 spiro atoms. The van der Waals surface area contributed by atoms with Crippen LogP contribution in [0.3, 0.4) is 0 Å². The summed E-state index contributed by atoms with van der Waals surface area (Å²) in [5.74, 6) is 1.96.